The van der Waals surface area contributed by atoms with Gasteiger partial charge in [0.2, 0.25) is 0 Å². The summed E-state index contributed by atoms with van der Waals surface area (Å²) in [5.41, 5.74) is 2.43. The lowest BCUT2D eigenvalue weighted by Gasteiger charge is -2.09. The highest BCUT2D eigenvalue weighted by molar-refractivity contribution is 5.94. The van der Waals surface area contributed by atoms with Crippen LogP contribution in [0, 0.1) is 0 Å². The van der Waals surface area contributed by atoms with Crippen molar-refractivity contribution in [3.8, 4) is 11.3 Å². The molecule has 0 aliphatic carbocycles. The van der Waals surface area contributed by atoms with Gasteiger partial charge in [-0.1, -0.05) is 30.3 Å². The van der Waals surface area contributed by atoms with Gasteiger partial charge in [-0.25, -0.2) is 14.8 Å². The summed E-state index contributed by atoms with van der Waals surface area (Å²) in [6, 6.07) is 13.4. The second-order valence-corrected chi connectivity index (χ2v) is 5.08. The quantitative estimate of drug-likeness (QED) is 0.681. The van der Waals surface area contributed by atoms with Crippen LogP contribution < -0.4 is 5.32 Å². The summed E-state index contributed by atoms with van der Waals surface area (Å²) in [5.74, 6) is 0.848. The first kappa shape index (κ1) is 15.7. The van der Waals surface area contributed by atoms with Gasteiger partial charge in [0, 0.05) is 6.20 Å². The number of hydrogen-bond donors (Lipinski definition) is 2. The van der Waals surface area contributed by atoms with Crippen LogP contribution in [0.2, 0.25) is 0 Å². The zero-order valence-electron chi connectivity index (χ0n) is 13.3. The van der Waals surface area contributed by atoms with E-state index in [0.29, 0.717) is 24.5 Å². The van der Waals surface area contributed by atoms with E-state index in [1.165, 1.54) is 0 Å². The molecule has 0 spiro atoms. The number of imidazole rings is 1. The van der Waals surface area contributed by atoms with Crippen molar-refractivity contribution < 1.29 is 9.53 Å². The van der Waals surface area contributed by atoms with Crippen molar-refractivity contribution in [2.75, 3.05) is 11.9 Å². The molecule has 2 N–H and O–H groups in total. The Morgan fingerprint density at radius 2 is 2.00 bits per heavy atom. The maximum Gasteiger partial charge on any atom is 0.341 e. The monoisotopic (exact) mass is 322 g/mol. The fraction of sp³-hybridized carbons (Fsp3) is 0.167. The lowest BCUT2D eigenvalue weighted by atomic mass is 10.2. The minimum Gasteiger partial charge on any atom is -0.462 e. The number of H-pyrrole nitrogens is 1. The number of benzene rings is 1. The molecule has 0 unspecified atom stereocenters. The van der Waals surface area contributed by atoms with E-state index in [-0.39, 0.29) is 0 Å². The number of nitrogens with one attached hydrogen (secondary N) is 2. The standard InChI is InChI=1S/C18H18N4O2/c1-2-24-18(23)14-9-6-10-19-17(14)21-12-16-20-11-15(22-16)13-7-4-3-5-8-13/h3-11H,2,12H2,1H3,(H,19,21)(H,20,22). The summed E-state index contributed by atoms with van der Waals surface area (Å²) in [7, 11) is 0. The van der Waals surface area contributed by atoms with Gasteiger partial charge >= 0.3 is 5.97 Å². The van der Waals surface area contributed by atoms with Gasteiger partial charge < -0.3 is 15.0 Å². The average molecular weight is 322 g/mol. The highest BCUT2D eigenvalue weighted by Crippen LogP contribution is 2.17. The lowest BCUT2D eigenvalue weighted by molar-refractivity contribution is 0.0527. The Hall–Kier alpha value is -3.15. The number of carbonyl (C=O) groups is 1. The number of aromatic nitrogens is 3. The molecule has 0 amide bonds. The molecule has 0 radical (unpaired) electrons. The third-order valence-corrected chi connectivity index (χ3v) is 3.44. The smallest absolute Gasteiger partial charge is 0.341 e. The molecule has 6 heteroatoms. The van der Waals surface area contributed by atoms with E-state index in [1.54, 1.807) is 31.5 Å². The summed E-state index contributed by atoms with van der Waals surface area (Å²) in [4.78, 5) is 23.8. The molecule has 0 saturated heterocycles. The van der Waals surface area contributed by atoms with Gasteiger partial charge in [0.05, 0.1) is 25.0 Å². The molecule has 2 heterocycles. The third kappa shape index (κ3) is 3.60. The molecule has 2 aromatic heterocycles. The van der Waals surface area contributed by atoms with Crippen molar-refractivity contribution in [2.24, 2.45) is 0 Å². The average Bonchev–Trinajstić information content (AvgIpc) is 3.10. The SMILES string of the molecule is CCOC(=O)c1cccnc1NCc1ncc(-c2ccccc2)[nH]1. The maximum atomic E-state index is 11.9. The molecule has 122 valence electrons. The second-order valence-electron chi connectivity index (χ2n) is 5.08. The molecule has 3 aromatic rings. The molecule has 1 aromatic carbocycles. The summed E-state index contributed by atoms with van der Waals surface area (Å²) < 4.78 is 5.04. The highest BCUT2D eigenvalue weighted by atomic mass is 16.5. The Labute approximate surface area is 139 Å². The van der Waals surface area contributed by atoms with Crippen LogP contribution in [0.25, 0.3) is 11.3 Å². The number of pyridine rings is 1. The molecule has 0 atom stereocenters. The van der Waals surface area contributed by atoms with Crippen molar-refractivity contribution in [1.82, 2.24) is 15.0 Å². The summed E-state index contributed by atoms with van der Waals surface area (Å²) in [6.07, 6.45) is 3.42. The van der Waals surface area contributed by atoms with Crippen LogP contribution in [0.4, 0.5) is 5.82 Å². The van der Waals surface area contributed by atoms with Crippen LogP contribution in [0.1, 0.15) is 23.1 Å². The van der Waals surface area contributed by atoms with Crippen LogP contribution >= 0.6 is 0 Å². The van der Waals surface area contributed by atoms with Gasteiger partial charge in [-0.05, 0) is 24.6 Å². The fourth-order valence-electron chi connectivity index (χ4n) is 2.30. The van der Waals surface area contributed by atoms with E-state index >= 15 is 0 Å². The maximum absolute atomic E-state index is 11.9. The molecule has 0 aliphatic rings. The van der Waals surface area contributed by atoms with E-state index in [9.17, 15) is 4.79 Å². The van der Waals surface area contributed by atoms with Gasteiger partial charge in [-0.15, -0.1) is 0 Å². The topological polar surface area (TPSA) is 79.9 Å². The number of nitrogens with zero attached hydrogens (tertiary/aromatic N) is 2. The largest absolute Gasteiger partial charge is 0.462 e. The molecule has 24 heavy (non-hydrogen) atoms. The lowest BCUT2D eigenvalue weighted by Crippen LogP contribution is -2.11. The molecule has 0 fully saturated rings. The molecular formula is C18H18N4O2. The van der Waals surface area contributed by atoms with E-state index in [2.05, 4.69) is 20.3 Å². The number of carbonyl (C=O) groups excluding carboxylic acids is 1. The van der Waals surface area contributed by atoms with E-state index < -0.39 is 5.97 Å². The van der Waals surface area contributed by atoms with E-state index in [1.807, 2.05) is 30.3 Å². The Bertz CT molecular complexity index is 815. The van der Waals surface area contributed by atoms with Gasteiger partial charge in [0.15, 0.2) is 0 Å². The van der Waals surface area contributed by atoms with Crippen LogP contribution in [-0.4, -0.2) is 27.5 Å². The molecule has 3 rings (SSSR count). The zero-order chi connectivity index (χ0) is 16.8. The Morgan fingerprint density at radius 3 is 2.79 bits per heavy atom. The minimum atomic E-state index is -0.391. The molecule has 0 aliphatic heterocycles. The highest BCUT2D eigenvalue weighted by Gasteiger charge is 2.13. The second kappa shape index (κ2) is 7.41. The van der Waals surface area contributed by atoms with Crippen LogP contribution in [0.15, 0.2) is 54.9 Å². The number of aromatic amines is 1. The van der Waals surface area contributed by atoms with Gasteiger partial charge in [0.25, 0.3) is 0 Å². The van der Waals surface area contributed by atoms with E-state index in [4.69, 9.17) is 4.74 Å². The predicted octanol–water partition coefficient (Wildman–Crippen LogP) is 3.26. The van der Waals surface area contributed by atoms with Crippen LogP contribution in [0.5, 0.6) is 0 Å². The molecule has 0 saturated carbocycles. The first-order valence-electron chi connectivity index (χ1n) is 7.73. The van der Waals surface area contributed by atoms with Crippen molar-refractivity contribution in [3.63, 3.8) is 0 Å². The Morgan fingerprint density at radius 1 is 1.17 bits per heavy atom. The number of rotatable bonds is 6. The predicted molar refractivity (Wildman–Crippen MR) is 91.5 cm³/mol. The minimum absolute atomic E-state index is 0.325. The summed E-state index contributed by atoms with van der Waals surface area (Å²) in [6.45, 7) is 2.53. The Balaban J connectivity index is 1.71. The van der Waals surface area contributed by atoms with Crippen molar-refractivity contribution in [3.05, 3.63) is 66.2 Å². The molecule has 0 bridgehead atoms. The van der Waals surface area contributed by atoms with Crippen molar-refractivity contribution in [2.45, 2.75) is 13.5 Å². The summed E-state index contributed by atoms with van der Waals surface area (Å²) in [5, 5.41) is 3.13. The van der Waals surface area contributed by atoms with Crippen LogP contribution in [-0.2, 0) is 11.3 Å². The number of anilines is 1. The molecular weight excluding hydrogens is 304 g/mol. The number of hydrogen-bond acceptors (Lipinski definition) is 5. The zero-order valence-corrected chi connectivity index (χ0v) is 13.3. The van der Waals surface area contributed by atoms with Gasteiger partial charge in [0.1, 0.15) is 17.2 Å². The van der Waals surface area contributed by atoms with Gasteiger partial charge in [-0.3, -0.25) is 0 Å². The number of ether oxygens (including phenoxy) is 1. The van der Waals surface area contributed by atoms with Crippen molar-refractivity contribution in [1.29, 1.82) is 0 Å². The first-order valence-corrected chi connectivity index (χ1v) is 7.73. The molecule has 6 nitrogen and oxygen atoms in total. The van der Waals surface area contributed by atoms with E-state index in [0.717, 1.165) is 17.1 Å². The summed E-state index contributed by atoms with van der Waals surface area (Å²) >= 11 is 0. The fourth-order valence-corrected chi connectivity index (χ4v) is 2.30. The van der Waals surface area contributed by atoms with Gasteiger partial charge in [-0.2, -0.15) is 0 Å². The normalized spacial score (nSPS) is 10.4. The van der Waals surface area contributed by atoms with Crippen molar-refractivity contribution >= 4 is 11.8 Å². The third-order valence-electron chi connectivity index (χ3n) is 3.44. The number of esters is 1. The first-order chi connectivity index (χ1) is 11.8. The van der Waals surface area contributed by atoms with Crippen LogP contribution in [0.3, 0.4) is 0 Å². The Kier molecular flexibility index (Phi) is 4.86.